The van der Waals surface area contributed by atoms with Crippen molar-refractivity contribution in [2.75, 3.05) is 26.8 Å². The summed E-state index contributed by atoms with van der Waals surface area (Å²) in [5, 5.41) is 3.28. The van der Waals surface area contributed by atoms with Crippen molar-refractivity contribution in [2.45, 2.75) is 12.1 Å². The maximum absolute atomic E-state index is 6.17. The van der Waals surface area contributed by atoms with E-state index in [9.17, 15) is 0 Å². The molecule has 4 nitrogen and oxygen atoms in total. The number of rotatable bonds is 3. The minimum Gasteiger partial charge on any atom is -0.497 e. The molecule has 3 N–H and O–H groups in total. The molecule has 2 atom stereocenters. The minimum atomic E-state index is -0.108. The van der Waals surface area contributed by atoms with Crippen LogP contribution in [0.1, 0.15) is 11.6 Å². The fraction of sp³-hybridized carbons (Fsp3) is 0.500. The van der Waals surface area contributed by atoms with Gasteiger partial charge in [0.05, 0.1) is 25.9 Å². The number of benzene rings is 1. The molecule has 0 spiro atoms. The zero-order valence-corrected chi connectivity index (χ0v) is 9.48. The van der Waals surface area contributed by atoms with E-state index in [4.69, 9.17) is 15.2 Å². The number of methoxy groups -OCH3 is 1. The maximum atomic E-state index is 6.17. The van der Waals surface area contributed by atoms with Crippen molar-refractivity contribution in [2.24, 2.45) is 5.73 Å². The summed E-state index contributed by atoms with van der Waals surface area (Å²) >= 11 is 0. The zero-order chi connectivity index (χ0) is 11.4. The fourth-order valence-electron chi connectivity index (χ4n) is 1.88. The molecule has 0 amide bonds. The predicted octanol–water partition coefficient (Wildman–Crippen LogP) is 0.683. The molecule has 0 saturated carbocycles. The van der Waals surface area contributed by atoms with Crippen molar-refractivity contribution in [3.05, 3.63) is 29.8 Å². The third-order valence-electron chi connectivity index (χ3n) is 2.84. The van der Waals surface area contributed by atoms with Crippen molar-refractivity contribution in [1.82, 2.24) is 5.32 Å². The molecular weight excluding hydrogens is 204 g/mol. The third kappa shape index (κ3) is 2.52. The summed E-state index contributed by atoms with van der Waals surface area (Å²) < 4.78 is 10.8. The molecule has 0 aromatic heterocycles. The Morgan fingerprint density at radius 3 is 3.12 bits per heavy atom. The Kier molecular flexibility index (Phi) is 3.77. The van der Waals surface area contributed by atoms with E-state index in [1.807, 2.05) is 24.3 Å². The van der Waals surface area contributed by atoms with E-state index in [-0.39, 0.29) is 12.1 Å². The lowest BCUT2D eigenvalue weighted by Crippen LogP contribution is -2.44. The van der Waals surface area contributed by atoms with Crippen LogP contribution in [0, 0.1) is 0 Å². The Labute approximate surface area is 95.7 Å². The van der Waals surface area contributed by atoms with Gasteiger partial charge >= 0.3 is 0 Å². The maximum Gasteiger partial charge on any atom is 0.119 e. The number of nitrogens with two attached hydrogens (primary N) is 1. The van der Waals surface area contributed by atoms with Gasteiger partial charge in [-0.15, -0.1) is 0 Å². The van der Waals surface area contributed by atoms with Gasteiger partial charge < -0.3 is 20.5 Å². The number of ether oxygens (including phenoxy) is 2. The van der Waals surface area contributed by atoms with Gasteiger partial charge in [0.25, 0.3) is 0 Å². The van der Waals surface area contributed by atoms with Crippen LogP contribution in [0.15, 0.2) is 24.3 Å². The van der Waals surface area contributed by atoms with E-state index in [0.717, 1.165) is 31.0 Å². The quantitative estimate of drug-likeness (QED) is 0.790. The van der Waals surface area contributed by atoms with E-state index in [1.165, 1.54) is 0 Å². The van der Waals surface area contributed by atoms with E-state index in [0.29, 0.717) is 0 Å². The third-order valence-corrected chi connectivity index (χ3v) is 2.84. The fourth-order valence-corrected chi connectivity index (χ4v) is 1.88. The van der Waals surface area contributed by atoms with Gasteiger partial charge in [0.1, 0.15) is 5.75 Å². The first kappa shape index (κ1) is 11.4. The van der Waals surface area contributed by atoms with Crippen molar-refractivity contribution >= 4 is 0 Å². The zero-order valence-electron chi connectivity index (χ0n) is 9.48. The van der Waals surface area contributed by atoms with Crippen molar-refractivity contribution in [1.29, 1.82) is 0 Å². The van der Waals surface area contributed by atoms with Gasteiger partial charge in [0.15, 0.2) is 0 Å². The molecule has 4 heteroatoms. The van der Waals surface area contributed by atoms with E-state index in [2.05, 4.69) is 5.32 Å². The molecule has 1 fully saturated rings. The normalized spacial score (nSPS) is 22.8. The highest BCUT2D eigenvalue weighted by Crippen LogP contribution is 2.21. The lowest BCUT2D eigenvalue weighted by molar-refractivity contribution is 0.0122. The molecule has 1 aliphatic heterocycles. The van der Waals surface area contributed by atoms with Crippen LogP contribution in [0.5, 0.6) is 5.75 Å². The highest BCUT2D eigenvalue weighted by atomic mass is 16.5. The molecule has 1 aliphatic rings. The van der Waals surface area contributed by atoms with Gasteiger partial charge in [-0.05, 0) is 17.7 Å². The number of morpholine rings is 1. The van der Waals surface area contributed by atoms with E-state index >= 15 is 0 Å². The first-order chi connectivity index (χ1) is 7.81. The highest BCUT2D eigenvalue weighted by Gasteiger charge is 2.22. The monoisotopic (exact) mass is 222 g/mol. The van der Waals surface area contributed by atoms with Crippen LogP contribution in [0.4, 0.5) is 0 Å². The Balaban J connectivity index is 2.09. The summed E-state index contributed by atoms with van der Waals surface area (Å²) in [4.78, 5) is 0. The molecule has 0 bridgehead atoms. The van der Waals surface area contributed by atoms with Crippen LogP contribution in [0.25, 0.3) is 0 Å². The average molecular weight is 222 g/mol. The van der Waals surface area contributed by atoms with Gasteiger partial charge in [0, 0.05) is 13.1 Å². The summed E-state index contributed by atoms with van der Waals surface area (Å²) in [6.45, 7) is 2.43. The molecule has 1 aromatic rings. The average Bonchev–Trinajstić information content (AvgIpc) is 2.39. The van der Waals surface area contributed by atoms with Crippen LogP contribution in [-0.2, 0) is 4.74 Å². The second kappa shape index (κ2) is 5.30. The summed E-state index contributed by atoms with van der Waals surface area (Å²) in [6.07, 6.45) is 0.0425. The molecule has 1 aromatic carbocycles. The second-order valence-corrected chi connectivity index (χ2v) is 3.92. The van der Waals surface area contributed by atoms with E-state index < -0.39 is 0 Å². The summed E-state index contributed by atoms with van der Waals surface area (Å²) in [6, 6.07) is 7.72. The van der Waals surface area contributed by atoms with Crippen LogP contribution in [-0.4, -0.2) is 32.9 Å². The molecule has 2 unspecified atom stereocenters. The Morgan fingerprint density at radius 1 is 1.56 bits per heavy atom. The molecular formula is C12H18N2O2. The van der Waals surface area contributed by atoms with Crippen LogP contribution < -0.4 is 15.8 Å². The molecule has 2 rings (SSSR count). The van der Waals surface area contributed by atoms with Gasteiger partial charge in [-0.1, -0.05) is 12.1 Å². The van der Waals surface area contributed by atoms with Crippen molar-refractivity contribution in [3.8, 4) is 5.75 Å². The largest absolute Gasteiger partial charge is 0.497 e. The van der Waals surface area contributed by atoms with Crippen LogP contribution in [0.3, 0.4) is 0 Å². The first-order valence-corrected chi connectivity index (χ1v) is 5.53. The van der Waals surface area contributed by atoms with E-state index in [1.54, 1.807) is 7.11 Å². The molecule has 0 radical (unpaired) electrons. The molecule has 1 saturated heterocycles. The second-order valence-electron chi connectivity index (χ2n) is 3.92. The van der Waals surface area contributed by atoms with Gasteiger partial charge in [-0.3, -0.25) is 0 Å². The van der Waals surface area contributed by atoms with Gasteiger partial charge in [-0.2, -0.15) is 0 Å². The highest BCUT2D eigenvalue weighted by molar-refractivity contribution is 5.31. The Bertz CT molecular complexity index is 338. The summed E-state index contributed by atoms with van der Waals surface area (Å²) in [7, 11) is 1.66. The topological polar surface area (TPSA) is 56.5 Å². The molecule has 88 valence electrons. The van der Waals surface area contributed by atoms with Crippen LogP contribution in [0.2, 0.25) is 0 Å². The van der Waals surface area contributed by atoms with Crippen molar-refractivity contribution in [3.63, 3.8) is 0 Å². The lowest BCUT2D eigenvalue weighted by Gasteiger charge is -2.28. The van der Waals surface area contributed by atoms with Gasteiger partial charge in [0.2, 0.25) is 0 Å². The summed E-state index contributed by atoms with van der Waals surface area (Å²) in [5.41, 5.74) is 7.22. The summed E-state index contributed by atoms with van der Waals surface area (Å²) in [5.74, 6) is 0.830. The Morgan fingerprint density at radius 2 is 2.44 bits per heavy atom. The number of hydrogen-bond donors (Lipinski definition) is 2. The lowest BCUT2D eigenvalue weighted by atomic mass is 10.0. The smallest absolute Gasteiger partial charge is 0.119 e. The first-order valence-electron chi connectivity index (χ1n) is 5.53. The minimum absolute atomic E-state index is 0.0425. The predicted molar refractivity (Wildman–Crippen MR) is 62.5 cm³/mol. The van der Waals surface area contributed by atoms with Crippen molar-refractivity contribution < 1.29 is 9.47 Å². The Hall–Kier alpha value is -1.10. The van der Waals surface area contributed by atoms with Gasteiger partial charge in [-0.25, -0.2) is 0 Å². The number of hydrogen-bond acceptors (Lipinski definition) is 4. The standard InChI is InChI=1S/C12H18N2O2/c1-15-10-4-2-3-9(7-10)12(13)11-8-14-5-6-16-11/h2-4,7,11-12,14H,5-6,8,13H2,1H3. The molecule has 16 heavy (non-hydrogen) atoms. The SMILES string of the molecule is COc1cccc(C(N)C2CNCCO2)c1. The van der Waals surface area contributed by atoms with Crippen LogP contribution >= 0.6 is 0 Å². The molecule has 0 aliphatic carbocycles. The number of nitrogens with one attached hydrogen (secondary N) is 1. The molecule has 1 heterocycles.